The molecule has 0 spiro atoms. The number of aromatic nitrogens is 2. The number of hydrogen-bond acceptors (Lipinski definition) is 6. The second kappa shape index (κ2) is 6.12. The number of nitro groups is 1. The lowest BCUT2D eigenvalue weighted by Gasteiger charge is -2.14. The van der Waals surface area contributed by atoms with Crippen LogP contribution in [0.5, 0.6) is 0 Å². The van der Waals surface area contributed by atoms with Gasteiger partial charge in [0.05, 0.1) is 4.92 Å². The normalized spacial score (nSPS) is 11.9. The minimum absolute atomic E-state index is 0.0901. The zero-order valence-corrected chi connectivity index (χ0v) is 11.3. The van der Waals surface area contributed by atoms with E-state index in [2.05, 4.69) is 15.3 Å². The van der Waals surface area contributed by atoms with E-state index in [9.17, 15) is 14.5 Å². The molecule has 0 saturated heterocycles. The molecule has 0 aliphatic rings. The van der Waals surface area contributed by atoms with Gasteiger partial charge in [0.25, 0.3) is 0 Å². The Labute approximate surface area is 120 Å². The van der Waals surface area contributed by atoms with Crippen molar-refractivity contribution >= 4 is 17.5 Å². The molecule has 0 fully saturated rings. The van der Waals surface area contributed by atoms with E-state index in [1.165, 1.54) is 12.1 Å². The van der Waals surface area contributed by atoms with Crippen LogP contribution in [0.25, 0.3) is 0 Å². The Bertz CT molecular complexity index is 665. The molecule has 1 atom stereocenters. The minimum Gasteiger partial charge on any atom is -0.378 e. The van der Waals surface area contributed by atoms with Gasteiger partial charge in [-0.15, -0.1) is 0 Å². The highest BCUT2D eigenvalue weighted by atomic mass is 19.1. The molecule has 1 unspecified atom stereocenters. The third-order valence-electron chi connectivity index (χ3n) is 2.80. The fourth-order valence-corrected chi connectivity index (χ4v) is 1.89. The summed E-state index contributed by atoms with van der Waals surface area (Å²) in [4.78, 5) is 17.6. The Hall–Kier alpha value is -2.77. The molecule has 1 aromatic carbocycles. The Morgan fingerprint density at radius 1 is 1.52 bits per heavy atom. The van der Waals surface area contributed by atoms with Gasteiger partial charge in [0, 0.05) is 6.04 Å². The zero-order valence-electron chi connectivity index (χ0n) is 11.3. The molecule has 0 aliphatic heterocycles. The summed E-state index contributed by atoms with van der Waals surface area (Å²) in [5.74, 6) is -0.298. The summed E-state index contributed by atoms with van der Waals surface area (Å²) in [6.07, 6.45) is 1.61. The van der Waals surface area contributed by atoms with Gasteiger partial charge in [-0.05, 0) is 31.0 Å². The summed E-state index contributed by atoms with van der Waals surface area (Å²) in [5.41, 5.74) is 5.98. The van der Waals surface area contributed by atoms with Crippen molar-refractivity contribution in [1.82, 2.24) is 9.97 Å². The first-order chi connectivity index (χ1) is 9.95. The van der Waals surface area contributed by atoms with Crippen LogP contribution in [0.2, 0.25) is 0 Å². The second-order valence-electron chi connectivity index (χ2n) is 4.60. The summed E-state index contributed by atoms with van der Waals surface area (Å²) < 4.78 is 13.1. The first-order valence-corrected chi connectivity index (χ1v) is 6.23. The molecule has 8 heteroatoms. The Kier molecular flexibility index (Phi) is 4.27. The molecule has 0 amide bonds. The molecule has 2 aromatic rings. The summed E-state index contributed by atoms with van der Waals surface area (Å²) in [7, 11) is 0. The number of anilines is 2. The lowest BCUT2D eigenvalue weighted by Crippen LogP contribution is -2.20. The molecule has 21 heavy (non-hydrogen) atoms. The van der Waals surface area contributed by atoms with Crippen LogP contribution in [0.3, 0.4) is 0 Å². The first kappa shape index (κ1) is 14.6. The van der Waals surface area contributed by atoms with Crippen LogP contribution in [0.1, 0.15) is 12.5 Å². The third-order valence-corrected chi connectivity index (χ3v) is 2.80. The van der Waals surface area contributed by atoms with Crippen molar-refractivity contribution in [3.05, 3.63) is 52.0 Å². The van der Waals surface area contributed by atoms with Crippen molar-refractivity contribution in [3.8, 4) is 0 Å². The predicted octanol–water partition coefficient (Wildman–Crippen LogP) is 2.15. The molecule has 0 aliphatic carbocycles. The maximum absolute atomic E-state index is 13.1. The maximum atomic E-state index is 13.1. The van der Waals surface area contributed by atoms with Crippen LogP contribution in [0.15, 0.2) is 30.5 Å². The molecular formula is C13H14FN5O2. The number of nitrogen functional groups attached to an aromatic ring is 1. The number of nitrogens with two attached hydrogens (primary N) is 1. The third kappa shape index (κ3) is 3.85. The molecule has 1 heterocycles. The molecule has 0 radical (unpaired) electrons. The number of nitrogens with zero attached hydrogens (tertiary/aromatic N) is 3. The van der Waals surface area contributed by atoms with Crippen LogP contribution in [0.4, 0.5) is 21.8 Å². The standard InChI is InChI=1S/C13H14FN5O2/c1-8(5-9-3-2-4-10(14)6-9)17-13-16-7-11(19(20)21)12(15)18-13/h2-4,6-8H,5H2,1H3,(H3,15,16,17,18). The molecule has 0 saturated carbocycles. The van der Waals surface area contributed by atoms with E-state index in [0.717, 1.165) is 11.8 Å². The maximum Gasteiger partial charge on any atom is 0.329 e. The van der Waals surface area contributed by atoms with Gasteiger partial charge in [-0.3, -0.25) is 10.1 Å². The van der Waals surface area contributed by atoms with Gasteiger partial charge in [-0.25, -0.2) is 9.37 Å². The summed E-state index contributed by atoms with van der Waals surface area (Å²) in [6, 6.07) is 6.18. The van der Waals surface area contributed by atoms with Gasteiger partial charge in [0.1, 0.15) is 12.0 Å². The quantitative estimate of drug-likeness (QED) is 0.645. The highest BCUT2D eigenvalue weighted by Crippen LogP contribution is 2.18. The van der Waals surface area contributed by atoms with Crippen LogP contribution in [-0.2, 0) is 6.42 Å². The van der Waals surface area contributed by atoms with Crippen LogP contribution >= 0.6 is 0 Å². The van der Waals surface area contributed by atoms with Gasteiger partial charge in [0.15, 0.2) is 0 Å². The predicted molar refractivity (Wildman–Crippen MR) is 76.3 cm³/mol. The van der Waals surface area contributed by atoms with E-state index in [-0.39, 0.29) is 29.3 Å². The van der Waals surface area contributed by atoms with Gasteiger partial charge < -0.3 is 11.1 Å². The smallest absolute Gasteiger partial charge is 0.329 e. The highest BCUT2D eigenvalue weighted by molar-refractivity contribution is 5.53. The fraction of sp³-hybridized carbons (Fsp3) is 0.231. The monoisotopic (exact) mass is 291 g/mol. The van der Waals surface area contributed by atoms with E-state index in [0.29, 0.717) is 6.42 Å². The molecule has 1 aromatic heterocycles. The van der Waals surface area contributed by atoms with E-state index in [4.69, 9.17) is 5.73 Å². The fourth-order valence-electron chi connectivity index (χ4n) is 1.89. The molecule has 0 bridgehead atoms. The summed E-state index contributed by atoms with van der Waals surface area (Å²) in [5, 5.41) is 13.6. The van der Waals surface area contributed by atoms with Crippen LogP contribution in [0, 0.1) is 15.9 Å². The molecule has 110 valence electrons. The first-order valence-electron chi connectivity index (χ1n) is 6.23. The lowest BCUT2D eigenvalue weighted by atomic mass is 10.1. The van der Waals surface area contributed by atoms with Gasteiger partial charge in [0.2, 0.25) is 11.8 Å². The zero-order chi connectivity index (χ0) is 15.4. The second-order valence-corrected chi connectivity index (χ2v) is 4.60. The SMILES string of the molecule is CC(Cc1cccc(F)c1)Nc1ncc([N+](=O)[O-])c(N)n1. The van der Waals surface area contributed by atoms with Gasteiger partial charge >= 0.3 is 5.69 Å². The van der Waals surface area contributed by atoms with Crippen molar-refractivity contribution in [2.75, 3.05) is 11.1 Å². The Balaban J connectivity index is 2.04. The van der Waals surface area contributed by atoms with E-state index < -0.39 is 4.92 Å². The van der Waals surface area contributed by atoms with Gasteiger partial charge in [-0.1, -0.05) is 12.1 Å². The number of rotatable bonds is 5. The van der Waals surface area contributed by atoms with Gasteiger partial charge in [-0.2, -0.15) is 4.98 Å². The van der Waals surface area contributed by atoms with Crippen molar-refractivity contribution in [2.24, 2.45) is 0 Å². The average Bonchev–Trinajstić information content (AvgIpc) is 2.38. The molecule has 3 N–H and O–H groups in total. The largest absolute Gasteiger partial charge is 0.378 e. The highest BCUT2D eigenvalue weighted by Gasteiger charge is 2.15. The Morgan fingerprint density at radius 2 is 2.29 bits per heavy atom. The number of benzene rings is 1. The van der Waals surface area contributed by atoms with E-state index >= 15 is 0 Å². The summed E-state index contributed by atoms with van der Waals surface area (Å²) in [6.45, 7) is 1.87. The summed E-state index contributed by atoms with van der Waals surface area (Å²) >= 11 is 0. The Morgan fingerprint density at radius 3 is 2.90 bits per heavy atom. The van der Waals surface area contributed by atoms with Crippen molar-refractivity contribution in [1.29, 1.82) is 0 Å². The number of halogens is 1. The van der Waals surface area contributed by atoms with Crippen LogP contribution < -0.4 is 11.1 Å². The van der Waals surface area contributed by atoms with Crippen molar-refractivity contribution in [2.45, 2.75) is 19.4 Å². The van der Waals surface area contributed by atoms with E-state index in [1.54, 1.807) is 6.07 Å². The topological polar surface area (TPSA) is 107 Å². The number of hydrogen-bond donors (Lipinski definition) is 2. The molecule has 7 nitrogen and oxygen atoms in total. The van der Waals surface area contributed by atoms with Crippen molar-refractivity contribution < 1.29 is 9.31 Å². The van der Waals surface area contributed by atoms with Crippen LogP contribution in [-0.4, -0.2) is 20.9 Å². The average molecular weight is 291 g/mol. The van der Waals surface area contributed by atoms with E-state index in [1.807, 2.05) is 13.0 Å². The molecule has 2 rings (SSSR count). The number of nitrogens with one attached hydrogen (secondary N) is 1. The lowest BCUT2D eigenvalue weighted by molar-refractivity contribution is -0.384. The minimum atomic E-state index is -0.644. The molecular weight excluding hydrogens is 277 g/mol. The van der Waals surface area contributed by atoms with Crippen molar-refractivity contribution in [3.63, 3.8) is 0 Å².